The molecule has 1 aromatic carbocycles. The summed E-state index contributed by atoms with van der Waals surface area (Å²) in [6, 6.07) is 4.58. The van der Waals surface area contributed by atoms with Gasteiger partial charge in [-0.1, -0.05) is 24.6 Å². The van der Waals surface area contributed by atoms with Crippen molar-refractivity contribution in [1.29, 1.82) is 0 Å². The van der Waals surface area contributed by atoms with Gasteiger partial charge in [-0.2, -0.15) is 0 Å². The van der Waals surface area contributed by atoms with Crippen molar-refractivity contribution in [3.63, 3.8) is 0 Å². The Morgan fingerprint density at radius 2 is 1.61 bits per heavy atom. The van der Waals surface area contributed by atoms with Crippen LogP contribution in [0.2, 0.25) is 0 Å². The number of benzene rings is 1. The monoisotopic (exact) mass is 245 g/mol. The van der Waals surface area contributed by atoms with Crippen molar-refractivity contribution in [3.05, 3.63) is 34.4 Å². The molecule has 1 nitrogen and oxygen atoms in total. The molecule has 1 heteroatoms. The van der Waals surface area contributed by atoms with Gasteiger partial charge in [0.05, 0.1) is 0 Å². The maximum Gasteiger partial charge on any atom is 0.0195 e. The lowest BCUT2D eigenvalue weighted by atomic mass is 9.73. The average Bonchev–Trinajstić information content (AvgIpc) is 2.28. The lowest BCUT2D eigenvalue weighted by molar-refractivity contribution is 0.243. The van der Waals surface area contributed by atoms with Crippen LogP contribution in [0.15, 0.2) is 12.1 Å². The minimum atomic E-state index is 0.0390. The van der Waals surface area contributed by atoms with E-state index in [0.29, 0.717) is 0 Å². The van der Waals surface area contributed by atoms with E-state index in [1.807, 2.05) is 0 Å². The molecule has 0 saturated heterocycles. The van der Waals surface area contributed by atoms with Gasteiger partial charge in [-0.3, -0.25) is 0 Å². The van der Waals surface area contributed by atoms with Crippen LogP contribution >= 0.6 is 0 Å². The first-order chi connectivity index (χ1) is 8.39. The second-order valence-electron chi connectivity index (χ2n) is 6.60. The molecular formula is C17H27N. The average molecular weight is 245 g/mol. The highest BCUT2D eigenvalue weighted by atomic mass is 14.7. The number of rotatable bonds is 2. The van der Waals surface area contributed by atoms with Crippen LogP contribution in [0.1, 0.15) is 54.9 Å². The topological polar surface area (TPSA) is 26.0 Å². The molecule has 0 heterocycles. The Kier molecular flexibility index (Phi) is 3.82. The molecule has 2 N–H and O–H groups in total. The van der Waals surface area contributed by atoms with Crippen molar-refractivity contribution in [3.8, 4) is 0 Å². The number of hydrogen-bond acceptors (Lipinski definition) is 1. The lowest BCUT2D eigenvalue weighted by Gasteiger charge is -2.37. The van der Waals surface area contributed by atoms with E-state index >= 15 is 0 Å². The fraction of sp³-hybridized carbons (Fsp3) is 0.647. The summed E-state index contributed by atoms with van der Waals surface area (Å²) in [6.45, 7) is 8.97. The molecule has 0 unspecified atom stereocenters. The second-order valence-corrected chi connectivity index (χ2v) is 6.60. The van der Waals surface area contributed by atoms with Crippen molar-refractivity contribution in [1.82, 2.24) is 0 Å². The van der Waals surface area contributed by atoms with Crippen molar-refractivity contribution in [2.45, 2.75) is 65.3 Å². The molecule has 2 rings (SSSR count). The van der Waals surface area contributed by atoms with Crippen LogP contribution in [0.5, 0.6) is 0 Å². The highest BCUT2D eigenvalue weighted by Gasteiger charge is 2.31. The fourth-order valence-electron chi connectivity index (χ4n) is 3.35. The van der Waals surface area contributed by atoms with Gasteiger partial charge >= 0.3 is 0 Å². The molecule has 1 aliphatic carbocycles. The van der Waals surface area contributed by atoms with Gasteiger partial charge in [0.15, 0.2) is 0 Å². The molecule has 1 aliphatic rings. The van der Waals surface area contributed by atoms with Crippen LogP contribution in [0.25, 0.3) is 0 Å². The highest BCUT2D eigenvalue weighted by Crippen LogP contribution is 2.34. The highest BCUT2D eigenvalue weighted by molar-refractivity contribution is 5.38. The van der Waals surface area contributed by atoms with E-state index in [9.17, 15) is 0 Å². The van der Waals surface area contributed by atoms with Gasteiger partial charge in [0.25, 0.3) is 0 Å². The predicted molar refractivity (Wildman–Crippen MR) is 78.9 cm³/mol. The molecule has 0 amide bonds. The van der Waals surface area contributed by atoms with E-state index in [4.69, 9.17) is 5.73 Å². The quantitative estimate of drug-likeness (QED) is 0.835. The van der Waals surface area contributed by atoms with Gasteiger partial charge in [-0.05, 0) is 75.5 Å². The molecule has 0 spiro atoms. The summed E-state index contributed by atoms with van der Waals surface area (Å²) in [5.41, 5.74) is 12.3. The predicted octanol–water partition coefficient (Wildman–Crippen LogP) is 4.06. The Morgan fingerprint density at radius 1 is 1.11 bits per heavy atom. The first-order valence-corrected chi connectivity index (χ1v) is 7.25. The zero-order valence-electron chi connectivity index (χ0n) is 12.3. The largest absolute Gasteiger partial charge is 0.325 e. The summed E-state index contributed by atoms with van der Waals surface area (Å²) in [5.74, 6) is 0.863. The Hall–Kier alpha value is -0.820. The molecule has 0 radical (unpaired) electrons. The Bertz CT molecular complexity index is 402. The normalized spacial score (nSPS) is 28.4. The Labute approximate surface area is 112 Å². The zero-order valence-corrected chi connectivity index (χ0v) is 12.3. The second kappa shape index (κ2) is 5.05. The third-order valence-electron chi connectivity index (χ3n) is 4.64. The maximum absolute atomic E-state index is 6.63. The Morgan fingerprint density at radius 3 is 2.11 bits per heavy atom. The van der Waals surface area contributed by atoms with Crippen LogP contribution in [0.3, 0.4) is 0 Å². The van der Waals surface area contributed by atoms with Gasteiger partial charge in [-0.25, -0.2) is 0 Å². The van der Waals surface area contributed by atoms with Crippen LogP contribution < -0.4 is 5.73 Å². The first-order valence-electron chi connectivity index (χ1n) is 7.25. The molecule has 0 bridgehead atoms. The third-order valence-corrected chi connectivity index (χ3v) is 4.64. The zero-order chi connectivity index (χ0) is 13.3. The van der Waals surface area contributed by atoms with Gasteiger partial charge < -0.3 is 5.73 Å². The van der Waals surface area contributed by atoms with E-state index < -0.39 is 0 Å². The van der Waals surface area contributed by atoms with E-state index in [2.05, 4.69) is 39.8 Å². The summed E-state index contributed by atoms with van der Waals surface area (Å²) < 4.78 is 0. The Balaban J connectivity index is 2.19. The number of aryl methyl sites for hydroxylation is 3. The molecule has 1 fully saturated rings. The maximum atomic E-state index is 6.63. The molecule has 0 atom stereocenters. The molecule has 1 aromatic rings. The minimum Gasteiger partial charge on any atom is -0.325 e. The smallest absolute Gasteiger partial charge is 0.0195 e. The van der Waals surface area contributed by atoms with Gasteiger partial charge in [-0.15, -0.1) is 0 Å². The molecule has 100 valence electrons. The van der Waals surface area contributed by atoms with Crippen molar-refractivity contribution < 1.29 is 0 Å². The van der Waals surface area contributed by atoms with E-state index in [1.165, 1.54) is 47.9 Å². The number of hydrogen-bond donors (Lipinski definition) is 1. The lowest BCUT2D eigenvalue weighted by Crippen LogP contribution is -2.45. The van der Waals surface area contributed by atoms with E-state index in [1.54, 1.807) is 0 Å². The number of nitrogens with two attached hydrogens (primary N) is 1. The summed E-state index contributed by atoms with van der Waals surface area (Å²) in [4.78, 5) is 0. The minimum absolute atomic E-state index is 0.0390. The third kappa shape index (κ3) is 2.95. The van der Waals surface area contributed by atoms with Gasteiger partial charge in [0.1, 0.15) is 0 Å². The van der Waals surface area contributed by atoms with Crippen molar-refractivity contribution >= 4 is 0 Å². The van der Waals surface area contributed by atoms with Crippen molar-refractivity contribution in [2.75, 3.05) is 0 Å². The van der Waals surface area contributed by atoms with Crippen LogP contribution in [-0.2, 0) is 6.42 Å². The summed E-state index contributed by atoms with van der Waals surface area (Å²) >= 11 is 0. The fourth-order valence-corrected chi connectivity index (χ4v) is 3.35. The summed E-state index contributed by atoms with van der Waals surface area (Å²) in [6.07, 6.45) is 6.00. The molecule has 18 heavy (non-hydrogen) atoms. The molecule has 1 saturated carbocycles. The van der Waals surface area contributed by atoms with Gasteiger partial charge in [0, 0.05) is 5.54 Å². The van der Waals surface area contributed by atoms with Gasteiger partial charge in [0.2, 0.25) is 0 Å². The summed E-state index contributed by atoms with van der Waals surface area (Å²) in [5, 5.41) is 0. The molecular weight excluding hydrogens is 218 g/mol. The van der Waals surface area contributed by atoms with E-state index in [-0.39, 0.29) is 5.54 Å². The van der Waals surface area contributed by atoms with Crippen LogP contribution in [0.4, 0.5) is 0 Å². The van der Waals surface area contributed by atoms with Crippen LogP contribution in [-0.4, -0.2) is 5.54 Å². The van der Waals surface area contributed by atoms with Crippen molar-refractivity contribution in [2.24, 2.45) is 11.7 Å². The SMILES string of the molecule is Cc1cc(C)c(CC2(N)CCC(C)CC2)c(C)c1. The van der Waals surface area contributed by atoms with Crippen LogP contribution in [0, 0.1) is 26.7 Å². The standard InChI is InChI=1S/C17H27N/c1-12-5-7-17(18,8-6-12)11-16-14(3)9-13(2)10-15(16)4/h9-10,12H,5-8,11,18H2,1-4H3. The van der Waals surface area contributed by atoms with E-state index in [0.717, 1.165) is 12.3 Å². The molecule has 0 aliphatic heterocycles. The summed E-state index contributed by atoms with van der Waals surface area (Å²) in [7, 11) is 0. The first kappa shape index (κ1) is 13.6. The molecule has 0 aromatic heterocycles.